The molecule has 2 aromatic heterocycles. The molecular weight excluding hydrogens is 378 g/mol. The lowest BCUT2D eigenvalue weighted by atomic mass is 10.3. The number of aromatic nitrogens is 3. The van der Waals surface area contributed by atoms with Crippen LogP contribution in [0.5, 0.6) is 5.75 Å². The lowest BCUT2D eigenvalue weighted by Gasteiger charge is -2.14. The van der Waals surface area contributed by atoms with Gasteiger partial charge in [0.05, 0.1) is 18.4 Å². The Hall–Kier alpha value is -1.91. The molecule has 0 spiro atoms. The maximum Gasteiger partial charge on any atom is 0.245 e. The standard InChI is InChI=1S/C15H17N5O2S3/c1-4-23-15-19-18-13(25-15)16-11(21)8-20(2)14-17-12-9(22-3)6-5-7-10(12)24-14/h5-7H,4,8H2,1-3H3,(H,16,18,21). The van der Waals surface area contributed by atoms with Crippen LogP contribution >= 0.6 is 34.4 Å². The van der Waals surface area contributed by atoms with Crippen LogP contribution in [-0.2, 0) is 4.79 Å². The molecule has 0 bridgehead atoms. The first-order valence-electron chi connectivity index (χ1n) is 7.51. The molecule has 0 atom stereocenters. The van der Waals surface area contributed by atoms with Crippen molar-refractivity contribution in [3.05, 3.63) is 18.2 Å². The van der Waals surface area contributed by atoms with Crippen molar-refractivity contribution in [3.8, 4) is 5.75 Å². The number of nitrogens with one attached hydrogen (secondary N) is 1. The fourth-order valence-corrected chi connectivity index (χ4v) is 4.73. The Morgan fingerprint density at radius 3 is 2.96 bits per heavy atom. The second kappa shape index (κ2) is 7.98. The van der Waals surface area contributed by atoms with Gasteiger partial charge in [-0.1, -0.05) is 47.4 Å². The molecule has 0 aliphatic heterocycles. The quantitative estimate of drug-likeness (QED) is 0.485. The van der Waals surface area contributed by atoms with Gasteiger partial charge in [-0.15, -0.1) is 10.2 Å². The lowest BCUT2D eigenvalue weighted by molar-refractivity contribution is -0.114. The van der Waals surface area contributed by atoms with Crippen molar-refractivity contribution in [3.63, 3.8) is 0 Å². The van der Waals surface area contributed by atoms with E-state index in [4.69, 9.17) is 4.74 Å². The smallest absolute Gasteiger partial charge is 0.245 e. The van der Waals surface area contributed by atoms with Gasteiger partial charge in [0.1, 0.15) is 11.3 Å². The minimum atomic E-state index is -0.155. The number of ether oxygens (including phenoxy) is 1. The van der Waals surface area contributed by atoms with Gasteiger partial charge in [0.15, 0.2) is 9.47 Å². The monoisotopic (exact) mass is 395 g/mol. The molecule has 0 aliphatic carbocycles. The van der Waals surface area contributed by atoms with Gasteiger partial charge in [-0.2, -0.15) is 0 Å². The molecule has 0 radical (unpaired) electrons. The minimum Gasteiger partial charge on any atom is -0.494 e. The van der Waals surface area contributed by atoms with Gasteiger partial charge >= 0.3 is 0 Å². The van der Waals surface area contributed by atoms with Gasteiger partial charge in [0, 0.05) is 7.05 Å². The average molecular weight is 396 g/mol. The molecule has 0 unspecified atom stereocenters. The van der Waals surface area contributed by atoms with E-state index in [1.165, 1.54) is 22.7 Å². The molecule has 3 aromatic rings. The number of benzene rings is 1. The maximum absolute atomic E-state index is 12.2. The summed E-state index contributed by atoms with van der Waals surface area (Å²) in [5.41, 5.74) is 0.808. The Balaban J connectivity index is 1.66. The molecule has 25 heavy (non-hydrogen) atoms. The summed E-state index contributed by atoms with van der Waals surface area (Å²) in [6.07, 6.45) is 0. The number of fused-ring (bicyclic) bond motifs is 1. The summed E-state index contributed by atoms with van der Waals surface area (Å²) >= 11 is 4.50. The van der Waals surface area contributed by atoms with E-state index in [2.05, 4.69) is 20.5 Å². The summed E-state index contributed by atoms with van der Waals surface area (Å²) in [5, 5.41) is 12.1. The Morgan fingerprint density at radius 1 is 1.36 bits per heavy atom. The summed E-state index contributed by atoms with van der Waals surface area (Å²) in [5.74, 6) is 1.50. The zero-order valence-corrected chi connectivity index (χ0v) is 16.4. The number of carbonyl (C=O) groups excluding carboxylic acids is 1. The van der Waals surface area contributed by atoms with Gasteiger partial charge in [-0.05, 0) is 17.9 Å². The van der Waals surface area contributed by atoms with E-state index in [0.29, 0.717) is 5.13 Å². The summed E-state index contributed by atoms with van der Waals surface area (Å²) in [6.45, 7) is 2.23. The van der Waals surface area contributed by atoms with Gasteiger partial charge < -0.3 is 9.64 Å². The fraction of sp³-hybridized carbons (Fsp3) is 0.333. The second-order valence-corrected chi connectivity index (χ2v) is 8.51. The molecule has 132 valence electrons. The van der Waals surface area contributed by atoms with Crippen LogP contribution < -0.4 is 15.0 Å². The SMILES string of the molecule is CCSc1nnc(NC(=O)CN(C)c2nc3c(OC)cccc3s2)s1. The van der Waals surface area contributed by atoms with Crippen LogP contribution in [0.2, 0.25) is 0 Å². The number of hydrogen-bond acceptors (Lipinski definition) is 9. The van der Waals surface area contributed by atoms with E-state index in [0.717, 1.165) is 31.2 Å². The van der Waals surface area contributed by atoms with Crippen LogP contribution in [0.15, 0.2) is 22.5 Å². The molecule has 1 aromatic carbocycles. The first kappa shape index (κ1) is 17.9. The highest BCUT2D eigenvalue weighted by Crippen LogP contribution is 2.33. The summed E-state index contributed by atoms with van der Waals surface area (Å²) in [6, 6.07) is 5.79. The summed E-state index contributed by atoms with van der Waals surface area (Å²) < 4.78 is 7.20. The van der Waals surface area contributed by atoms with E-state index in [9.17, 15) is 4.79 Å². The van der Waals surface area contributed by atoms with Crippen molar-refractivity contribution >= 4 is 60.8 Å². The number of rotatable bonds is 7. The summed E-state index contributed by atoms with van der Waals surface area (Å²) in [4.78, 5) is 18.6. The first-order valence-corrected chi connectivity index (χ1v) is 10.1. The highest BCUT2D eigenvalue weighted by Gasteiger charge is 2.15. The number of carbonyl (C=O) groups is 1. The molecular formula is C15H17N5O2S3. The topological polar surface area (TPSA) is 80.2 Å². The van der Waals surface area contributed by atoms with Crippen molar-refractivity contribution < 1.29 is 9.53 Å². The van der Waals surface area contributed by atoms with Crippen molar-refractivity contribution in [2.75, 3.05) is 36.7 Å². The van der Waals surface area contributed by atoms with Crippen LogP contribution in [0.1, 0.15) is 6.92 Å². The Kier molecular flexibility index (Phi) is 5.71. The molecule has 0 aliphatic rings. The number of anilines is 2. The van der Waals surface area contributed by atoms with Crippen LogP contribution in [0.3, 0.4) is 0 Å². The number of para-hydroxylation sites is 1. The summed E-state index contributed by atoms with van der Waals surface area (Å²) in [7, 11) is 3.46. The minimum absolute atomic E-state index is 0.155. The predicted octanol–water partition coefficient (Wildman–Crippen LogP) is 3.34. The zero-order chi connectivity index (χ0) is 17.8. The molecule has 7 nitrogen and oxygen atoms in total. The zero-order valence-electron chi connectivity index (χ0n) is 14.0. The Bertz CT molecular complexity index is 879. The highest BCUT2D eigenvalue weighted by atomic mass is 32.2. The first-order chi connectivity index (χ1) is 12.1. The molecule has 1 N–H and O–H groups in total. The average Bonchev–Trinajstić information content (AvgIpc) is 3.21. The van der Waals surface area contributed by atoms with Crippen molar-refractivity contribution in [2.24, 2.45) is 0 Å². The third kappa shape index (κ3) is 4.20. The van der Waals surface area contributed by atoms with E-state index in [1.54, 1.807) is 18.9 Å². The molecule has 2 heterocycles. The van der Waals surface area contributed by atoms with E-state index >= 15 is 0 Å². The number of thioether (sulfide) groups is 1. The van der Waals surface area contributed by atoms with Crippen molar-refractivity contribution in [2.45, 2.75) is 11.3 Å². The molecule has 1 amide bonds. The number of amides is 1. The van der Waals surface area contributed by atoms with Gasteiger partial charge in [-0.25, -0.2) is 4.98 Å². The molecule has 0 saturated carbocycles. The van der Waals surface area contributed by atoms with E-state index in [1.807, 2.05) is 37.1 Å². The lowest BCUT2D eigenvalue weighted by Crippen LogP contribution is -2.29. The molecule has 3 rings (SSSR count). The largest absolute Gasteiger partial charge is 0.494 e. The Morgan fingerprint density at radius 2 is 2.20 bits per heavy atom. The van der Waals surface area contributed by atoms with Crippen LogP contribution in [0.4, 0.5) is 10.3 Å². The fourth-order valence-electron chi connectivity index (χ4n) is 2.12. The van der Waals surface area contributed by atoms with Crippen molar-refractivity contribution in [1.29, 1.82) is 0 Å². The van der Waals surface area contributed by atoms with Gasteiger partial charge in [0.25, 0.3) is 0 Å². The van der Waals surface area contributed by atoms with Crippen molar-refractivity contribution in [1.82, 2.24) is 15.2 Å². The highest BCUT2D eigenvalue weighted by molar-refractivity contribution is 8.01. The van der Waals surface area contributed by atoms with E-state index < -0.39 is 0 Å². The van der Waals surface area contributed by atoms with Crippen LogP contribution in [0, 0.1) is 0 Å². The maximum atomic E-state index is 12.2. The predicted molar refractivity (Wildman–Crippen MR) is 104 cm³/mol. The number of thiazole rings is 1. The van der Waals surface area contributed by atoms with Crippen LogP contribution in [-0.4, -0.2) is 47.5 Å². The molecule has 0 fully saturated rings. The normalized spacial score (nSPS) is 10.8. The molecule has 0 saturated heterocycles. The Labute approximate surface area is 157 Å². The number of likely N-dealkylation sites (N-methyl/N-ethyl adjacent to an activating group) is 1. The number of methoxy groups -OCH3 is 1. The van der Waals surface area contributed by atoms with E-state index in [-0.39, 0.29) is 12.5 Å². The van der Waals surface area contributed by atoms with Crippen LogP contribution in [0.25, 0.3) is 10.2 Å². The third-order valence-electron chi connectivity index (χ3n) is 3.22. The van der Waals surface area contributed by atoms with Gasteiger partial charge in [0.2, 0.25) is 11.0 Å². The number of nitrogens with zero attached hydrogens (tertiary/aromatic N) is 4. The second-order valence-electron chi connectivity index (χ2n) is 5.01. The third-order valence-corrected chi connectivity index (χ3v) is 6.21. The molecule has 10 heteroatoms. The van der Waals surface area contributed by atoms with Gasteiger partial charge in [-0.3, -0.25) is 10.1 Å². The number of hydrogen-bond donors (Lipinski definition) is 1.